The number of benzene rings is 1. The van der Waals surface area contributed by atoms with E-state index in [-0.39, 0.29) is 5.56 Å². The first kappa shape index (κ1) is 21.8. The third-order valence-electron chi connectivity index (χ3n) is 5.48. The number of aryl methyl sites for hydroxylation is 1. The fourth-order valence-electron chi connectivity index (χ4n) is 3.83. The van der Waals surface area contributed by atoms with Crippen molar-refractivity contribution in [1.82, 2.24) is 14.3 Å². The van der Waals surface area contributed by atoms with Gasteiger partial charge in [0.2, 0.25) is 0 Å². The summed E-state index contributed by atoms with van der Waals surface area (Å²) in [5, 5.41) is 4.27. The van der Waals surface area contributed by atoms with Crippen molar-refractivity contribution in [2.24, 2.45) is 4.99 Å². The van der Waals surface area contributed by atoms with Crippen LogP contribution in [-0.2, 0) is 16.1 Å². The quantitative estimate of drug-likeness (QED) is 0.552. The number of hydrogen-bond donors (Lipinski definition) is 0. The van der Waals surface area contributed by atoms with Crippen LogP contribution in [0.5, 0.6) is 0 Å². The lowest BCUT2D eigenvalue weighted by Gasteiger charge is -2.25. The Kier molecular flexibility index (Phi) is 5.84. The highest BCUT2D eigenvalue weighted by atomic mass is 32.1. The van der Waals surface area contributed by atoms with Crippen LogP contribution in [0.3, 0.4) is 0 Å². The molecule has 1 atom stereocenters. The summed E-state index contributed by atoms with van der Waals surface area (Å²) in [6.07, 6.45) is 3.53. The third-order valence-corrected chi connectivity index (χ3v) is 6.46. The Balaban J connectivity index is 1.95. The van der Waals surface area contributed by atoms with E-state index in [9.17, 15) is 9.59 Å². The van der Waals surface area contributed by atoms with E-state index in [1.54, 1.807) is 17.7 Å². The summed E-state index contributed by atoms with van der Waals surface area (Å²) < 4.78 is 9.00. The lowest BCUT2D eigenvalue weighted by molar-refractivity contribution is -0.136. The molecule has 3 heterocycles. The summed E-state index contributed by atoms with van der Waals surface area (Å²) in [5.74, 6) is -0.494. The number of fused-ring (bicyclic) bond motifs is 1. The second-order valence-electron chi connectivity index (χ2n) is 7.63. The molecule has 0 spiro atoms. The Morgan fingerprint density at radius 1 is 1.25 bits per heavy atom. The number of esters is 1. The number of methoxy groups -OCH3 is 1. The molecule has 0 amide bonds. The maximum Gasteiger partial charge on any atom is 0.338 e. The molecule has 8 nitrogen and oxygen atoms in total. The molecule has 32 heavy (non-hydrogen) atoms. The number of carbonyl (C=O) groups excluding carboxylic acids is 1. The van der Waals surface area contributed by atoms with Crippen molar-refractivity contribution >= 4 is 29.1 Å². The molecule has 4 rings (SSSR count). The number of nitrogens with zero attached hydrogens (tertiary/aromatic N) is 5. The first-order chi connectivity index (χ1) is 15.3. The van der Waals surface area contributed by atoms with Gasteiger partial charge in [0.25, 0.3) is 5.56 Å². The third kappa shape index (κ3) is 3.69. The molecule has 0 aliphatic carbocycles. The summed E-state index contributed by atoms with van der Waals surface area (Å²) in [4.78, 5) is 33.4. The highest BCUT2D eigenvalue weighted by Crippen LogP contribution is 2.31. The average molecular weight is 452 g/mol. The van der Waals surface area contributed by atoms with Crippen LogP contribution >= 0.6 is 11.3 Å². The first-order valence-corrected chi connectivity index (χ1v) is 11.1. The average Bonchev–Trinajstić information content (AvgIpc) is 3.36. The number of anilines is 1. The van der Waals surface area contributed by atoms with E-state index in [0.717, 1.165) is 16.9 Å². The SMILES string of the molecule is CCn1nccc1/C=c1/sc2n(c1=O)C(c1ccc(N(C)C)cc1)C(C(=O)OC)=C(C)N=2. The van der Waals surface area contributed by atoms with Crippen molar-refractivity contribution in [1.29, 1.82) is 0 Å². The fraction of sp³-hybridized carbons (Fsp3) is 0.304. The van der Waals surface area contributed by atoms with Gasteiger partial charge in [-0.2, -0.15) is 5.10 Å². The van der Waals surface area contributed by atoms with Gasteiger partial charge in [0.15, 0.2) is 4.80 Å². The molecule has 0 saturated carbocycles. The van der Waals surface area contributed by atoms with E-state index in [2.05, 4.69) is 10.1 Å². The van der Waals surface area contributed by atoms with Gasteiger partial charge in [-0.1, -0.05) is 23.5 Å². The number of thiazole rings is 1. The minimum atomic E-state index is -0.617. The van der Waals surface area contributed by atoms with Crippen LogP contribution in [-0.4, -0.2) is 41.5 Å². The fourth-order valence-corrected chi connectivity index (χ4v) is 4.86. The maximum atomic E-state index is 13.5. The molecule has 1 aliphatic rings. The summed E-state index contributed by atoms with van der Waals surface area (Å²) in [6, 6.07) is 9.05. The molecule has 166 valence electrons. The van der Waals surface area contributed by atoms with Gasteiger partial charge >= 0.3 is 5.97 Å². The highest BCUT2D eigenvalue weighted by Gasteiger charge is 2.33. The Hall–Kier alpha value is -3.46. The number of carbonyl (C=O) groups is 1. The van der Waals surface area contributed by atoms with E-state index in [1.165, 1.54) is 18.4 Å². The smallest absolute Gasteiger partial charge is 0.338 e. The Labute approximate surface area is 189 Å². The molecule has 0 fully saturated rings. The summed E-state index contributed by atoms with van der Waals surface area (Å²) >= 11 is 1.30. The van der Waals surface area contributed by atoms with Gasteiger partial charge in [-0.05, 0) is 43.7 Å². The van der Waals surface area contributed by atoms with Gasteiger partial charge in [-0.15, -0.1) is 0 Å². The van der Waals surface area contributed by atoms with E-state index < -0.39 is 12.0 Å². The largest absolute Gasteiger partial charge is 0.466 e. The second kappa shape index (κ2) is 8.58. The molecule has 0 bridgehead atoms. The standard InChI is InChI=1S/C23H25N5O3S/c1-6-27-17(11-12-24-27)13-18-21(29)28-20(15-7-9-16(10-8-15)26(3)4)19(22(30)31-5)14(2)25-23(28)32-18/h7-13,20H,6H2,1-5H3/b18-13+. The zero-order chi connectivity index (χ0) is 23.0. The molecular formula is C23H25N5O3S. The van der Waals surface area contributed by atoms with Crippen LogP contribution in [0.4, 0.5) is 5.69 Å². The minimum absolute atomic E-state index is 0.201. The van der Waals surface area contributed by atoms with Crippen molar-refractivity contribution in [3.63, 3.8) is 0 Å². The van der Waals surface area contributed by atoms with Crippen LogP contribution in [0.1, 0.15) is 31.1 Å². The highest BCUT2D eigenvalue weighted by molar-refractivity contribution is 7.07. The lowest BCUT2D eigenvalue weighted by Crippen LogP contribution is -2.39. The molecule has 0 radical (unpaired) electrons. The van der Waals surface area contributed by atoms with Crippen molar-refractivity contribution in [2.75, 3.05) is 26.1 Å². The van der Waals surface area contributed by atoms with Crippen LogP contribution in [0.25, 0.3) is 6.08 Å². The van der Waals surface area contributed by atoms with Crippen LogP contribution < -0.4 is 19.8 Å². The Bertz CT molecular complexity index is 1380. The number of ether oxygens (including phenoxy) is 1. The zero-order valence-corrected chi connectivity index (χ0v) is 19.5. The van der Waals surface area contributed by atoms with Crippen LogP contribution in [0.15, 0.2) is 57.6 Å². The van der Waals surface area contributed by atoms with Crippen molar-refractivity contribution in [3.05, 3.63) is 78.7 Å². The molecule has 0 saturated heterocycles. The summed E-state index contributed by atoms with van der Waals surface area (Å²) in [5.41, 5.74) is 3.39. The number of allylic oxidation sites excluding steroid dienone is 1. The predicted molar refractivity (Wildman–Crippen MR) is 124 cm³/mol. The molecule has 3 aromatic rings. The Morgan fingerprint density at radius 3 is 2.59 bits per heavy atom. The van der Waals surface area contributed by atoms with E-state index >= 15 is 0 Å². The number of rotatable bonds is 5. The molecule has 1 unspecified atom stereocenters. The molecule has 1 aromatic carbocycles. The number of aromatic nitrogens is 3. The van der Waals surface area contributed by atoms with Crippen molar-refractivity contribution < 1.29 is 9.53 Å². The van der Waals surface area contributed by atoms with Gasteiger partial charge in [-0.25, -0.2) is 9.79 Å². The molecule has 1 aliphatic heterocycles. The van der Waals surface area contributed by atoms with Crippen molar-refractivity contribution in [3.8, 4) is 0 Å². The minimum Gasteiger partial charge on any atom is -0.466 e. The molecule has 9 heteroatoms. The van der Waals surface area contributed by atoms with Gasteiger partial charge in [0.05, 0.1) is 34.6 Å². The topological polar surface area (TPSA) is 81.7 Å². The summed E-state index contributed by atoms with van der Waals surface area (Å²) in [7, 11) is 5.26. The van der Waals surface area contributed by atoms with Gasteiger partial charge in [0, 0.05) is 32.5 Å². The maximum absolute atomic E-state index is 13.5. The second-order valence-corrected chi connectivity index (χ2v) is 8.64. The normalized spacial score (nSPS) is 16.0. The monoisotopic (exact) mass is 451 g/mol. The van der Waals surface area contributed by atoms with E-state index in [0.29, 0.717) is 27.1 Å². The first-order valence-electron chi connectivity index (χ1n) is 10.3. The van der Waals surface area contributed by atoms with E-state index in [4.69, 9.17) is 4.74 Å². The molecule has 0 N–H and O–H groups in total. The van der Waals surface area contributed by atoms with E-state index in [1.807, 2.05) is 67.0 Å². The Morgan fingerprint density at radius 2 is 1.97 bits per heavy atom. The van der Waals surface area contributed by atoms with Crippen LogP contribution in [0, 0.1) is 0 Å². The predicted octanol–water partition coefficient (Wildman–Crippen LogP) is 1.69. The lowest BCUT2D eigenvalue weighted by atomic mass is 9.95. The van der Waals surface area contributed by atoms with Gasteiger partial charge in [-0.3, -0.25) is 14.0 Å². The van der Waals surface area contributed by atoms with Gasteiger partial charge in [0.1, 0.15) is 0 Å². The number of hydrogen-bond acceptors (Lipinski definition) is 7. The van der Waals surface area contributed by atoms with Crippen molar-refractivity contribution in [2.45, 2.75) is 26.4 Å². The van der Waals surface area contributed by atoms with Crippen LogP contribution in [0.2, 0.25) is 0 Å². The van der Waals surface area contributed by atoms with Gasteiger partial charge < -0.3 is 9.64 Å². The molecular weight excluding hydrogens is 426 g/mol. The molecule has 2 aromatic heterocycles. The summed E-state index contributed by atoms with van der Waals surface area (Å²) in [6.45, 7) is 4.47. The zero-order valence-electron chi connectivity index (χ0n) is 18.7.